The summed E-state index contributed by atoms with van der Waals surface area (Å²) in [5.41, 5.74) is 0.445. The van der Waals surface area contributed by atoms with Gasteiger partial charge in [-0.1, -0.05) is 12.8 Å². The molecule has 0 spiro atoms. The summed E-state index contributed by atoms with van der Waals surface area (Å²) in [5, 5.41) is 7.18. The topological polar surface area (TPSA) is 82.4 Å². The Bertz CT molecular complexity index is 777. The number of nitrogens with zero attached hydrogens (tertiary/aromatic N) is 2. The van der Waals surface area contributed by atoms with Gasteiger partial charge in [-0.3, -0.25) is 4.79 Å². The van der Waals surface area contributed by atoms with E-state index in [1.165, 1.54) is 12.8 Å². The van der Waals surface area contributed by atoms with Crippen molar-refractivity contribution in [2.45, 2.75) is 51.7 Å². The van der Waals surface area contributed by atoms with Crippen molar-refractivity contribution < 1.29 is 19.1 Å². The number of carbonyl (C=O) groups is 2. The van der Waals surface area contributed by atoms with E-state index in [9.17, 15) is 9.59 Å². The molecule has 27 heavy (non-hydrogen) atoms. The summed E-state index contributed by atoms with van der Waals surface area (Å²) in [5.74, 6) is 0.574. The van der Waals surface area contributed by atoms with Crippen molar-refractivity contribution in [2.24, 2.45) is 0 Å². The first-order chi connectivity index (χ1) is 13.0. The number of amides is 1. The van der Waals surface area contributed by atoms with Gasteiger partial charge in [-0.15, -0.1) is 0 Å². The van der Waals surface area contributed by atoms with Crippen LogP contribution in [0, 0.1) is 0 Å². The molecule has 1 aromatic heterocycles. The summed E-state index contributed by atoms with van der Waals surface area (Å²) in [6.07, 6.45) is 6.10. The van der Waals surface area contributed by atoms with Gasteiger partial charge in [0.1, 0.15) is 11.6 Å². The van der Waals surface area contributed by atoms with Crippen LogP contribution in [0.2, 0.25) is 0 Å². The molecule has 1 aliphatic rings. The molecule has 1 amide bonds. The highest BCUT2D eigenvalue weighted by atomic mass is 16.5. The molecular weight excluding hydrogens is 346 g/mol. The average Bonchev–Trinajstić information content (AvgIpc) is 3.31. The molecule has 7 heteroatoms. The summed E-state index contributed by atoms with van der Waals surface area (Å²) in [6.45, 7) is 3.48. The van der Waals surface area contributed by atoms with Crippen molar-refractivity contribution in [3.8, 4) is 5.75 Å². The van der Waals surface area contributed by atoms with Crippen LogP contribution in [0.4, 0.5) is 5.82 Å². The number of rotatable bonds is 7. The van der Waals surface area contributed by atoms with E-state index >= 15 is 0 Å². The first-order valence-electron chi connectivity index (χ1n) is 9.30. The second kappa shape index (κ2) is 8.70. The monoisotopic (exact) mass is 371 g/mol. The fourth-order valence-corrected chi connectivity index (χ4v) is 3.15. The third kappa shape index (κ3) is 5.09. The van der Waals surface area contributed by atoms with Crippen LogP contribution in [0.5, 0.6) is 5.75 Å². The Kier molecular flexibility index (Phi) is 6.11. The molecule has 0 aliphatic heterocycles. The number of esters is 1. The minimum atomic E-state index is -0.380. The van der Waals surface area contributed by atoms with Gasteiger partial charge in [-0.05, 0) is 51.0 Å². The third-order valence-corrected chi connectivity index (χ3v) is 4.41. The molecule has 0 radical (unpaired) electrons. The molecule has 0 saturated heterocycles. The molecule has 1 aromatic carbocycles. The quantitative estimate of drug-likeness (QED) is 0.752. The molecule has 0 bridgehead atoms. The van der Waals surface area contributed by atoms with Crippen molar-refractivity contribution in [3.63, 3.8) is 0 Å². The summed E-state index contributed by atoms with van der Waals surface area (Å²) in [7, 11) is 0. The lowest BCUT2D eigenvalue weighted by molar-refractivity contribution is -0.118. The van der Waals surface area contributed by atoms with Gasteiger partial charge in [0.15, 0.2) is 6.61 Å². The molecule has 1 fully saturated rings. The number of nitrogens with one attached hydrogen (secondary N) is 1. The lowest BCUT2D eigenvalue weighted by atomic mass is 10.2. The van der Waals surface area contributed by atoms with E-state index in [4.69, 9.17) is 9.47 Å². The van der Waals surface area contributed by atoms with Crippen molar-refractivity contribution in [1.82, 2.24) is 9.78 Å². The second-order valence-corrected chi connectivity index (χ2v) is 6.91. The predicted octanol–water partition coefficient (Wildman–Crippen LogP) is 3.58. The minimum absolute atomic E-state index is 0.119. The Balaban J connectivity index is 1.51. The highest BCUT2D eigenvalue weighted by Crippen LogP contribution is 2.31. The van der Waals surface area contributed by atoms with Crippen LogP contribution in [0.1, 0.15) is 55.9 Å². The van der Waals surface area contributed by atoms with Gasteiger partial charge in [0.25, 0.3) is 5.91 Å². The number of hydrogen-bond acceptors (Lipinski definition) is 5. The number of ether oxygens (including phenoxy) is 2. The molecule has 1 N–H and O–H groups in total. The van der Waals surface area contributed by atoms with E-state index in [0.717, 1.165) is 12.8 Å². The van der Waals surface area contributed by atoms with Crippen LogP contribution in [0.3, 0.4) is 0 Å². The van der Waals surface area contributed by atoms with E-state index in [-0.39, 0.29) is 24.6 Å². The van der Waals surface area contributed by atoms with Gasteiger partial charge in [-0.25, -0.2) is 9.48 Å². The molecular formula is C20H25N3O4. The zero-order valence-electron chi connectivity index (χ0n) is 15.7. The summed E-state index contributed by atoms with van der Waals surface area (Å²) < 4.78 is 12.5. The maximum absolute atomic E-state index is 12.2. The Labute approximate surface area is 158 Å². The number of anilines is 1. The zero-order chi connectivity index (χ0) is 19.2. The predicted molar refractivity (Wildman–Crippen MR) is 101 cm³/mol. The van der Waals surface area contributed by atoms with Gasteiger partial charge in [0.05, 0.1) is 23.9 Å². The average molecular weight is 371 g/mol. The van der Waals surface area contributed by atoms with Gasteiger partial charge in [-0.2, -0.15) is 5.10 Å². The van der Waals surface area contributed by atoms with Crippen LogP contribution in [-0.2, 0) is 9.53 Å². The van der Waals surface area contributed by atoms with Gasteiger partial charge < -0.3 is 14.8 Å². The number of benzene rings is 1. The molecule has 144 valence electrons. The van der Waals surface area contributed by atoms with E-state index in [1.807, 2.05) is 4.68 Å². The summed E-state index contributed by atoms with van der Waals surface area (Å²) >= 11 is 0. The minimum Gasteiger partial charge on any atom is -0.484 e. The van der Waals surface area contributed by atoms with Crippen molar-refractivity contribution in [1.29, 1.82) is 0 Å². The number of aromatic nitrogens is 2. The lowest BCUT2D eigenvalue weighted by Gasteiger charge is -2.15. The molecule has 3 rings (SSSR count). The summed E-state index contributed by atoms with van der Waals surface area (Å²) in [6, 6.07) is 8.68. The van der Waals surface area contributed by atoms with E-state index in [2.05, 4.69) is 10.4 Å². The molecule has 1 aliphatic carbocycles. The maximum atomic E-state index is 12.2. The number of hydrogen-bond donors (Lipinski definition) is 1. The van der Waals surface area contributed by atoms with Gasteiger partial charge in [0.2, 0.25) is 0 Å². The third-order valence-electron chi connectivity index (χ3n) is 4.41. The van der Waals surface area contributed by atoms with E-state index in [1.54, 1.807) is 50.4 Å². The molecule has 1 heterocycles. The van der Waals surface area contributed by atoms with Crippen LogP contribution in [-0.4, -0.2) is 34.4 Å². The molecule has 0 unspecified atom stereocenters. The Morgan fingerprint density at radius 3 is 2.56 bits per heavy atom. The summed E-state index contributed by atoms with van der Waals surface area (Å²) in [4.78, 5) is 24.0. The first kappa shape index (κ1) is 18.9. The Morgan fingerprint density at radius 2 is 1.89 bits per heavy atom. The fraction of sp³-hybridized carbons (Fsp3) is 0.450. The first-order valence-corrected chi connectivity index (χ1v) is 9.30. The Hall–Kier alpha value is -2.83. The van der Waals surface area contributed by atoms with Crippen LogP contribution < -0.4 is 10.1 Å². The largest absolute Gasteiger partial charge is 0.484 e. The Morgan fingerprint density at radius 1 is 1.19 bits per heavy atom. The molecule has 0 atom stereocenters. The van der Waals surface area contributed by atoms with Crippen LogP contribution >= 0.6 is 0 Å². The lowest BCUT2D eigenvalue weighted by Crippen LogP contribution is -2.23. The van der Waals surface area contributed by atoms with E-state index < -0.39 is 0 Å². The molecule has 1 saturated carbocycles. The van der Waals surface area contributed by atoms with Crippen molar-refractivity contribution in [3.05, 3.63) is 42.1 Å². The standard InChI is InChI=1S/C20H25N3O4/c1-14(2)27-20(25)15-7-9-17(10-8-15)26-13-19(24)22-18-11-12-21-23(18)16-5-3-4-6-16/h7-12,14,16H,3-6,13H2,1-2H3,(H,22,24). The smallest absolute Gasteiger partial charge is 0.338 e. The van der Waals surface area contributed by atoms with Crippen LogP contribution in [0.15, 0.2) is 36.5 Å². The normalized spacial score (nSPS) is 14.3. The van der Waals surface area contributed by atoms with Crippen molar-refractivity contribution in [2.75, 3.05) is 11.9 Å². The maximum Gasteiger partial charge on any atom is 0.338 e. The highest BCUT2D eigenvalue weighted by Gasteiger charge is 2.20. The zero-order valence-corrected chi connectivity index (χ0v) is 15.7. The fourth-order valence-electron chi connectivity index (χ4n) is 3.15. The van der Waals surface area contributed by atoms with Gasteiger partial charge >= 0.3 is 5.97 Å². The SMILES string of the molecule is CC(C)OC(=O)c1ccc(OCC(=O)Nc2ccnn2C2CCCC2)cc1. The van der Waals surface area contributed by atoms with Crippen molar-refractivity contribution >= 4 is 17.7 Å². The van der Waals surface area contributed by atoms with E-state index in [0.29, 0.717) is 23.2 Å². The molecule has 7 nitrogen and oxygen atoms in total. The van der Waals surface area contributed by atoms with Crippen LogP contribution in [0.25, 0.3) is 0 Å². The van der Waals surface area contributed by atoms with Gasteiger partial charge in [0, 0.05) is 6.07 Å². The molecule has 2 aromatic rings. The highest BCUT2D eigenvalue weighted by molar-refractivity contribution is 5.91. The number of carbonyl (C=O) groups excluding carboxylic acids is 2. The second-order valence-electron chi connectivity index (χ2n) is 6.91.